The van der Waals surface area contributed by atoms with Crippen LogP contribution in [0.25, 0.3) is 16.8 Å². The lowest BCUT2D eigenvalue weighted by atomic mass is 9.91. The highest BCUT2D eigenvalue weighted by Gasteiger charge is 2.34. The van der Waals surface area contributed by atoms with Gasteiger partial charge in [0.2, 0.25) is 10.0 Å². The number of benzene rings is 1. The van der Waals surface area contributed by atoms with Gasteiger partial charge in [-0.15, -0.1) is 15.3 Å². The molecule has 1 N–H and O–H groups in total. The second-order valence-electron chi connectivity index (χ2n) is 8.40. The van der Waals surface area contributed by atoms with Crippen LogP contribution in [0.3, 0.4) is 0 Å². The van der Waals surface area contributed by atoms with E-state index in [1.54, 1.807) is 29.8 Å². The van der Waals surface area contributed by atoms with Crippen LogP contribution in [0.5, 0.6) is 0 Å². The van der Waals surface area contributed by atoms with Crippen LogP contribution < -0.4 is 4.72 Å². The zero-order chi connectivity index (χ0) is 25.2. The van der Waals surface area contributed by atoms with Crippen LogP contribution in [0, 0.1) is 0 Å². The van der Waals surface area contributed by atoms with E-state index in [2.05, 4.69) is 31.8 Å². The van der Waals surface area contributed by atoms with Gasteiger partial charge in [0.25, 0.3) is 0 Å². The van der Waals surface area contributed by atoms with Gasteiger partial charge in [-0.25, -0.2) is 13.1 Å². The Morgan fingerprint density at radius 3 is 2.83 bits per heavy atom. The molecule has 1 saturated carbocycles. The number of halogens is 3. The number of aromatic nitrogens is 3. The summed E-state index contributed by atoms with van der Waals surface area (Å²) in [5, 5.41) is 14.9. The first-order chi connectivity index (χ1) is 16.6. The van der Waals surface area contributed by atoms with Crippen LogP contribution in [-0.4, -0.2) is 60.1 Å². The molecule has 1 aliphatic rings. The van der Waals surface area contributed by atoms with Crippen LogP contribution in [-0.2, 0) is 16.2 Å². The van der Waals surface area contributed by atoms with Crippen LogP contribution in [0.1, 0.15) is 31.2 Å². The first-order valence-corrected chi connectivity index (χ1v) is 12.3. The molecule has 1 aliphatic carbocycles. The Bertz CT molecular complexity index is 1350. The second-order valence-corrected chi connectivity index (χ2v) is 10.1. The minimum atomic E-state index is -4.74. The summed E-state index contributed by atoms with van der Waals surface area (Å²) in [6, 6.07) is 5.57. The van der Waals surface area contributed by atoms with Crippen molar-refractivity contribution in [2.75, 3.05) is 7.05 Å². The summed E-state index contributed by atoms with van der Waals surface area (Å²) >= 11 is 0. The molecule has 2 aromatic heterocycles. The van der Waals surface area contributed by atoms with Crippen molar-refractivity contribution in [2.24, 2.45) is 10.2 Å². The molecule has 0 bridgehead atoms. The summed E-state index contributed by atoms with van der Waals surface area (Å²) in [7, 11) is -2.45. The molecule has 0 unspecified atom stereocenters. The molecule has 0 amide bonds. The molecular weight excluding hydrogens is 483 g/mol. The minimum absolute atomic E-state index is 0.00423. The smallest absolute Gasteiger partial charge is 0.361 e. The Labute approximate surface area is 200 Å². The number of rotatable bonds is 7. The number of nitrogens with one attached hydrogen (secondary N) is 1. The summed E-state index contributed by atoms with van der Waals surface area (Å²) in [5.74, 6) is 0. The van der Waals surface area contributed by atoms with Crippen molar-refractivity contribution in [2.45, 2.75) is 48.8 Å². The van der Waals surface area contributed by atoms with E-state index in [-0.39, 0.29) is 11.6 Å². The normalized spacial score (nSPS) is 19.3. The molecule has 2 atom stereocenters. The third kappa shape index (κ3) is 5.51. The Morgan fingerprint density at radius 2 is 2.09 bits per heavy atom. The van der Waals surface area contributed by atoms with Crippen molar-refractivity contribution in [1.82, 2.24) is 24.2 Å². The Kier molecular flexibility index (Phi) is 6.90. The number of alkyl halides is 3. The third-order valence-electron chi connectivity index (χ3n) is 6.04. The summed E-state index contributed by atoms with van der Waals surface area (Å²) in [5.41, 5.74) is -0.335. The summed E-state index contributed by atoms with van der Waals surface area (Å²) < 4.78 is 71.8. The molecule has 0 spiro atoms. The lowest BCUT2D eigenvalue weighted by Gasteiger charge is -2.34. The first-order valence-electron chi connectivity index (χ1n) is 10.8. The Balaban J connectivity index is 1.68. The van der Waals surface area contributed by atoms with Gasteiger partial charge in [0.1, 0.15) is 12.7 Å². The highest BCUT2D eigenvalue weighted by molar-refractivity contribution is 7.89. The fourth-order valence-corrected chi connectivity index (χ4v) is 5.64. The minimum Gasteiger partial charge on any atom is -0.361 e. The van der Waals surface area contributed by atoms with Crippen molar-refractivity contribution in [3.8, 4) is 11.1 Å². The number of hydrogen-bond donors (Lipinski definition) is 1. The lowest BCUT2D eigenvalue weighted by molar-refractivity contribution is -0.137. The maximum Gasteiger partial charge on any atom is 0.416 e. The highest BCUT2D eigenvalue weighted by atomic mass is 32.2. The second kappa shape index (κ2) is 9.74. The van der Waals surface area contributed by atoms with E-state index < -0.39 is 32.7 Å². The molecule has 9 nitrogen and oxygen atoms in total. The van der Waals surface area contributed by atoms with Gasteiger partial charge in [0.05, 0.1) is 10.5 Å². The Hall–Kier alpha value is -3.32. The third-order valence-corrected chi connectivity index (χ3v) is 7.54. The zero-order valence-electron chi connectivity index (χ0n) is 18.9. The molecule has 13 heteroatoms. The van der Waals surface area contributed by atoms with Crippen molar-refractivity contribution in [3.63, 3.8) is 0 Å². The van der Waals surface area contributed by atoms with E-state index in [0.29, 0.717) is 30.1 Å². The summed E-state index contributed by atoms with van der Waals surface area (Å²) in [4.78, 5) is 1.37. The fraction of sp³-hybridized carbons (Fsp3) is 0.364. The van der Waals surface area contributed by atoms with E-state index in [0.717, 1.165) is 18.9 Å². The fourth-order valence-electron chi connectivity index (χ4n) is 4.29. The van der Waals surface area contributed by atoms with E-state index in [9.17, 15) is 21.6 Å². The zero-order valence-corrected chi connectivity index (χ0v) is 19.7. The van der Waals surface area contributed by atoms with E-state index in [1.807, 2.05) is 4.90 Å². The predicted molar refractivity (Wildman–Crippen MR) is 126 cm³/mol. The molecule has 0 radical (unpaired) electrons. The maximum absolute atomic E-state index is 13.7. The lowest BCUT2D eigenvalue weighted by Crippen LogP contribution is -2.44. The van der Waals surface area contributed by atoms with Gasteiger partial charge in [-0.05, 0) is 61.6 Å². The van der Waals surface area contributed by atoms with E-state index >= 15 is 0 Å². The summed E-state index contributed by atoms with van der Waals surface area (Å²) in [6.07, 6.45) is 2.47. The standard InChI is InChI=1S/C22H24F3N7O2S/c1-26-27-13-31(2)18-6-3-5-17(12-18)30-35(33,34)19-10-15(9-16(11-19)22(23,24)25)20-7-4-8-32-14-28-29-21(20)32/h4,7-11,13-14,17-18,30H,1,3,5-6,12H2,2H3/b27-13-/t17-,18+/m0/s1. The average Bonchev–Trinajstić information content (AvgIpc) is 3.30. The quantitative estimate of drug-likeness (QED) is 0.299. The van der Waals surface area contributed by atoms with Crippen LogP contribution >= 0.6 is 0 Å². The summed E-state index contributed by atoms with van der Waals surface area (Å²) in [6.45, 7) is 3.29. The molecule has 1 aromatic carbocycles. The average molecular weight is 508 g/mol. The van der Waals surface area contributed by atoms with E-state index in [4.69, 9.17) is 0 Å². The number of fused-ring (bicyclic) bond motifs is 1. The van der Waals surface area contributed by atoms with Crippen molar-refractivity contribution >= 4 is 28.7 Å². The van der Waals surface area contributed by atoms with Gasteiger partial charge in [0.15, 0.2) is 5.65 Å². The first kappa shape index (κ1) is 24.8. The molecule has 186 valence electrons. The predicted octanol–water partition coefficient (Wildman–Crippen LogP) is 3.58. The molecule has 0 saturated heterocycles. The molecule has 3 aromatic rings. The van der Waals surface area contributed by atoms with Crippen LogP contribution in [0.4, 0.5) is 13.2 Å². The van der Waals surface area contributed by atoms with Crippen molar-refractivity contribution < 1.29 is 21.6 Å². The van der Waals surface area contributed by atoms with Crippen molar-refractivity contribution in [3.05, 3.63) is 48.4 Å². The topological polar surface area (TPSA) is 104 Å². The van der Waals surface area contributed by atoms with Crippen molar-refractivity contribution in [1.29, 1.82) is 0 Å². The van der Waals surface area contributed by atoms with Gasteiger partial charge in [0, 0.05) is 37.6 Å². The molecule has 4 rings (SSSR count). The van der Waals surface area contributed by atoms with Gasteiger partial charge >= 0.3 is 6.18 Å². The highest BCUT2D eigenvalue weighted by Crippen LogP contribution is 2.36. The molecular formula is C22H24F3N7O2S. The van der Waals surface area contributed by atoms with Crippen LogP contribution in [0.2, 0.25) is 0 Å². The number of hydrogen-bond acceptors (Lipinski definition) is 6. The Morgan fingerprint density at radius 1 is 1.29 bits per heavy atom. The molecule has 0 aliphatic heterocycles. The number of sulfonamides is 1. The largest absolute Gasteiger partial charge is 0.416 e. The van der Waals surface area contributed by atoms with Crippen LogP contribution in [0.15, 0.2) is 58.0 Å². The molecule has 2 heterocycles. The molecule has 1 fully saturated rings. The van der Waals surface area contributed by atoms with Gasteiger partial charge < -0.3 is 4.90 Å². The molecule has 35 heavy (non-hydrogen) atoms. The number of pyridine rings is 1. The number of nitrogens with zero attached hydrogens (tertiary/aromatic N) is 6. The monoisotopic (exact) mass is 507 g/mol. The van der Waals surface area contributed by atoms with E-state index in [1.165, 1.54) is 18.7 Å². The van der Waals surface area contributed by atoms with Gasteiger partial charge in [-0.3, -0.25) is 4.40 Å². The maximum atomic E-state index is 13.7. The van der Waals surface area contributed by atoms with Gasteiger partial charge in [-0.2, -0.15) is 18.3 Å². The SMILES string of the molecule is C=N/N=C\N(C)[C@@H]1CCC[C@H](NS(=O)(=O)c2cc(-c3cccn4cnnc34)cc(C(F)(F)F)c2)C1. The van der Waals surface area contributed by atoms with Gasteiger partial charge in [-0.1, -0.05) is 0 Å².